The topological polar surface area (TPSA) is 95.6 Å². The van der Waals surface area contributed by atoms with Crippen LogP contribution in [0.25, 0.3) is 0 Å². The van der Waals surface area contributed by atoms with E-state index in [2.05, 4.69) is 10.6 Å². The van der Waals surface area contributed by atoms with Gasteiger partial charge in [-0.15, -0.1) is 11.8 Å². The summed E-state index contributed by atoms with van der Waals surface area (Å²) >= 11 is 1.43. The Morgan fingerprint density at radius 2 is 1.77 bits per heavy atom. The molecule has 0 aromatic heterocycles. The van der Waals surface area contributed by atoms with Gasteiger partial charge in [0.1, 0.15) is 0 Å². The van der Waals surface area contributed by atoms with Crippen LogP contribution in [0.15, 0.2) is 28.0 Å². The van der Waals surface area contributed by atoms with Crippen molar-refractivity contribution in [3.05, 3.63) is 18.2 Å². The predicted octanol–water partition coefficient (Wildman–Crippen LogP) is 3.36. The second-order valence-electron chi connectivity index (χ2n) is 8.78. The van der Waals surface area contributed by atoms with E-state index in [1.54, 1.807) is 18.2 Å². The van der Waals surface area contributed by atoms with Gasteiger partial charge in [-0.2, -0.15) is 4.31 Å². The van der Waals surface area contributed by atoms with Crippen LogP contribution in [0, 0.1) is 5.92 Å². The fraction of sp³-hybridized carbons (Fsp3) is 0.636. The molecule has 1 saturated heterocycles. The van der Waals surface area contributed by atoms with Crippen molar-refractivity contribution in [2.45, 2.75) is 79.4 Å². The standard InChI is InChI=1S/C22H31N3O4S2/c1-15-21(26)24-19-14-18(8-9-20(19)30-15)31(28,29)25-12-10-16(11-13-25)22(27)23-17-6-4-2-3-5-7-17/h8-9,14-17H,2-7,10-13H2,1H3,(H,23,27)(H,24,26). The van der Waals surface area contributed by atoms with Gasteiger partial charge in [-0.05, 0) is 50.8 Å². The van der Waals surface area contributed by atoms with Crippen LogP contribution in [0.4, 0.5) is 5.69 Å². The Morgan fingerprint density at radius 3 is 2.45 bits per heavy atom. The van der Waals surface area contributed by atoms with E-state index in [9.17, 15) is 18.0 Å². The zero-order valence-corrected chi connectivity index (χ0v) is 19.6. The summed E-state index contributed by atoms with van der Waals surface area (Å²) in [5.74, 6) is -0.172. The van der Waals surface area contributed by atoms with Gasteiger partial charge in [0, 0.05) is 29.9 Å². The largest absolute Gasteiger partial charge is 0.353 e. The third-order valence-corrected chi connectivity index (χ3v) is 9.62. The van der Waals surface area contributed by atoms with Crippen molar-refractivity contribution in [1.82, 2.24) is 9.62 Å². The molecule has 4 rings (SSSR count). The highest BCUT2D eigenvalue weighted by Crippen LogP contribution is 2.37. The molecule has 2 N–H and O–H groups in total. The molecule has 7 nitrogen and oxygen atoms in total. The molecule has 1 atom stereocenters. The highest BCUT2D eigenvalue weighted by Gasteiger charge is 2.34. The summed E-state index contributed by atoms with van der Waals surface area (Å²) in [6.45, 7) is 2.49. The van der Waals surface area contributed by atoms with Crippen molar-refractivity contribution in [3.63, 3.8) is 0 Å². The molecule has 0 spiro atoms. The van der Waals surface area contributed by atoms with Crippen molar-refractivity contribution in [1.29, 1.82) is 0 Å². The molecule has 1 aliphatic carbocycles. The minimum Gasteiger partial charge on any atom is -0.353 e. The van der Waals surface area contributed by atoms with Crippen LogP contribution in [-0.4, -0.2) is 48.9 Å². The number of nitrogens with zero attached hydrogens (tertiary/aromatic N) is 1. The first-order chi connectivity index (χ1) is 14.8. The number of hydrogen-bond donors (Lipinski definition) is 2. The number of thioether (sulfide) groups is 1. The number of hydrogen-bond acceptors (Lipinski definition) is 5. The van der Waals surface area contributed by atoms with Crippen LogP contribution in [0.5, 0.6) is 0 Å². The summed E-state index contributed by atoms with van der Waals surface area (Å²) in [6.07, 6.45) is 7.98. The summed E-state index contributed by atoms with van der Waals surface area (Å²) < 4.78 is 27.8. The van der Waals surface area contributed by atoms with E-state index in [4.69, 9.17) is 0 Å². The van der Waals surface area contributed by atoms with E-state index in [1.165, 1.54) is 41.8 Å². The third-order valence-electron chi connectivity index (χ3n) is 6.55. The Balaban J connectivity index is 1.37. The van der Waals surface area contributed by atoms with Crippen molar-refractivity contribution >= 4 is 39.3 Å². The van der Waals surface area contributed by atoms with Crippen LogP contribution in [-0.2, 0) is 19.6 Å². The van der Waals surface area contributed by atoms with E-state index in [1.807, 2.05) is 6.92 Å². The highest BCUT2D eigenvalue weighted by molar-refractivity contribution is 8.01. The molecule has 9 heteroatoms. The molecule has 2 fully saturated rings. The molecular weight excluding hydrogens is 434 g/mol. The number of fused-ring (bicyclic) bond motifs is 1. The monoisotopic (exact) mass is 465 g/mol. The summed E-state index contributed by atoms with van der Waals surface area (Å²) in [5, 5.41) is 5.80. The molecule has 1 aromatic carbocycles. The van der Waals surface area contributed by atoms with E-state index in [0.29, 0.717) is 31.6 Å². The molecule has 3 aliphatic rings. The molecule has 1 unspecified atom stereocenters. The summed E-state index contributed by atoms with van der Waals surface area (Å²) in [7, 11) is -3.67. The molecule has 0 bridgehead atoms. The lowest BCUT2D eigenvalue weighted by Gasteiger charge is -2.31. The minimum atomic E-state index is -3.67. The van der Waals surface area contributed by atoms with Gasteiger partial charge in [0.25, 0.3) is 0 Å². The van der Waals surface area contributed by atoms with Crippen LogP contribution in [0.1, 0.15) is 58.3 Å². The lowest BCUT2D eigenvalue weighted by atomic mass is 9.96. The minimum absolute atomic E-state index is 0.0755. The smallest absolute Gasteiger partial charge is 0.243 e. The Kier molecular flexibility index (Phi) is 6.93. The zero-order valence-electron chi connectivity index (χ0n) is 17.9. The van der Waals surface area contributed by atoms with Crippen LogP contribution < -0.4 is 10.6 Å². The predicted molar refractivity (Wildman–Crippen MR) is 122 cm³/mol. The Hall–Kier alpha value is -1.58. The van der Waals surface area contributed by atoms with E-state index in [0.717, 1.165) is 17.7 Å². The molecular formula is C22H31N3O4S2. The summed E-state index contributed by atoms with van der Waals surface area (Å²) in [5.41, 5.74) is 0.548. The summed E-state index contributed by atoms with van der Waals surface area (Å²) in [4.78, 5) is 25.7. The molecule has 2 heterocycles. The number of nitrogens with one attached hydrogen (secondary N) is 2. The fourth-order valence-corrected chi connectivity index (χ4v) is 7.03. The molecule has 170 valence electrons. The SMILES string of the molecule is CC1Sc2ccc(S(=O)(=O)N3CCC(C(=O)NC4CCCCCC4)CC3)cc2NC1=O. The van der Waals surface area contributed by atoms with Crippen molar-refractivity contribution in [3.8, 4) is 0 Å². The molecule has 1 aromatic rings. The van der Waals surface area contributed by atoms with E-state index in [-0.39, 0.29) is 33.9 Å². The molecule has 31 heavy (non-hydrogen) atoms. The average molecular weight is 466 g/mol. The van der Waals surface area contributed by atoms with Crippen LogP contribution in [0.2, 0.25) is 0 Å². The van der Waals surface area contributed by atoms with Gasteiger partial charge in [-0.25, -0.2) is 8.42 Å². The molecule has 2 amide bonds. The van der Waals surface area contributed by atoms with Gasteiger partial charge in [-0.1, -0.05) is 25.7 Å². The maximum Gasteiger partial charge on any atom is 0.243 e. The second-order valence-corrected chi connectivity index (χ2v) is 12.1. The van der Waals surface area contributed by atoms with Crippen LogP contribution in [0.3, 0.4) is 0 Å². The normalized spacial score (nSPS) is 24.2. The van der Waals surface area contributed by atoms with Crippen LogP contribution >= 0.6 is 11.8 Å². The van der Waals surface area contributed by atoms with Gasteiger partial charge in [0.2, 0.25) is 21.8 Å². The maximum atomic E-state index is 13.2. The van der Waals surface area contributed by atoms with Crippen molar-refractivity contribution < 1.29 is 18.0 Å². The molecule has 2 aliphatic heterocycles. The highest BCUT2D eigenvalue weighted by atomic mass is 32.2. The Labute approximate surface area is 188 Å². The van der Waals surface area contributed by atoms with Crippen molar-refractivity contribution in [2.24, 2.45) is 5.92 Å². The lowest BCUT2D eigenvalue weighted by Crippen LogP contribution is -2.45. The number of carbonyl (C=O) groups is 2. The molecule has 0 radical (unpaired) electrons. The zero-order chi connectivity index (χ0) is 22.0. The van der Waals surface area contributed by atoms with Crippen molar-refractivity contribution in [2.75, 3.05) is 18.4 Å². The van der Waals surface area contributed by atoms with Gasteiger partial charge in [0.05, 0.1) is 15.8 Å². The fourth-order valence-electron chi connectivity index (χ4n) is 4.60. The number of rotatable bonds is 4. The number of carbonyl (C=O) groups excluding carboxylic acids is 2. The quantitative estimate of drug-likeness (QED) is 0.665. The van der Waals surface area contributed by atoms with Gasteiger partial charge < -0.3 is 10.6 Å². The average Bonchev–Trinajstić information content (AvgIpc) is 3.03. The first-order valence-electron chi connectivity index (χ1n) is 11.3. The first kappa shape index (κ1) is 22.6. The number of piperidine rings is 1. The van der Waals surface area contributed by atoms with Gasteiger partial charge in [0.15, 0.2) is 0 Å². The molecule has 1 saturated carbocycles. The Bertz CT molecular complexity index is 934. The summed E-state index contributed by atoms with van der Waals surface area (Å²) in [6, 6.07) is 5.18. The van der Waals surface area contributed by atoms with E-state index >= 15 is 0 Å². The number of benzene rings is 1. The Morgan fingerprint density at radius 1 is 1.10 bits per heavy atom. The van der Waals surface area contributed by atoms with E-state index < -0.39 is 10.0 Å². The number of anilines is 1. The lowest BCUT2D eigenvalue weighted by molar-refractivity contribution is -0.127. The van der Waals surface area contributed by atoms with Gasteiger partial charge >= 0.3 is 0 Å². The maximum absolute atomic E-state index is 13.2. The number of sulfonamides is 1. The second kappa shape index (κ2) is 9.50. The number of amides is 2. The third kappa shape index (κ3) is 5.09. The van der Waals surface area contributed by atoms with Gasteiger partial charge in [-0.3, -0.25) is 9.59 Å². The first-order valence-corrected chi connectivity index (χ1v) is 13.6.